The van der Waals surface area contributed by atoms with Gasteiger partial charge in [0.15, 0.2) is 0 Å². The Hall–Kier alpha value is -3.81. The maximum atomic E-state index is 12.2. The molecule has 8 heteroatoms. The van der Waals surface area contributed by atoms with E-state index in [2.05, 4.69) is 4.98 Å². The fourth-order valence-corrected chi connectivity index (χ4v) is 2.54. The average Bonchev–Trinajstić information content (AvgIpc) is 2.64. The zero-order chi connectivity index (χ0) is 19.4. The molecule has 136 valence electrons. The monoisotopic (exact) mass is 365 g/mol. The van der Waals surface area contributed by atoms with E-state index in [1.165, 1.54) is 34.7 Å². The Bertz CT molecular complexity index is 1120. The summed E-state index contributed by atoms with van der Waals surface area (Å²) in [5.41, 5.74) is 1.74. The van der Waals surface area contributed by atoms with Crippen molar-refractivity contribution in [1.82, 2.24) is 9.38 Å². The normalized spacial score (nSPS) is 11.0. The second-order valence-corrected chi connectivity index (χ2v) is 5.74. The molecule has 0 N–H and O–H groups in total. The van der Waals surface area contributed by atoms with E-state index in [1.54, 1.807) is 31.2 Å². The predicted molar refractivity (Wildman–Crippen MR) is 98.1 cm³/mol. The van der Waals surface area contributed by atoms with Crippen LogP contribution in [0.25, 0.3) is 11.7 Å². The van der Waals surface area contributed by atoms with Gasteiger partial charge in [-0.05, 0) is 30.7 Å². The van der Waals surface area contributed by atoms with Gasteiger partial charge in [-0.25, -0.2) is 9.78 Å². The molecular weight excluding hydrogens is 350 g/mol. The highest BCUT2D eigenvalue weighted by atomic mass is 16.6. The Morgan fingerprint density at radius 2 is 2.04 bits per heavy atom. The molecule has 0 saturated carbocycles. The van der Waals surface area contributed by atoms with Gasteiger partial charge in [0.1, 0.15) is 12.3 Å². The lowest BCUT2D eigenvalue weighted by Gasteiger charge is -2.06. The van der Waals surface area contributed by atoms with Crippen LogP contribution in [0, 0.1) is 17.0 Å². The van der Waals surface area contributed by atoms with Crippen molar-refractivity contribution >= 4 is 23.4 Å². The number of hydrogen-bond acceptors (Lipinski definition) is 6. The first-order chi connectivity index (χ1) is 12.9. The van der Waals surface area contributed by atoms with Crippen molar-refractivity contribution in [3.8, 4) is 0 Å². The molecular formula is C19H15N3O5. The van der Waals surface area contributed by atoms with Gasteiger partial charge in [0.05, 0.1) is 10.6 Å². The largest absolute Gasteiger partial charge is 0.456 e. The number of non-ortho nitro benzene ring substituents is 1. The quantitative estimate of drug-likeness (QED) is 0.298. The van der Waals surface area contributed by atoms with Crippen LogP contribution in [-0.4, -0.2) is 20.3 Å². The second-order valence-electron chi connectivity index (χ2n) is 5.74. The number of nitrogens with zero attached hydrogens (tertiary/aromatic N) is 3. The van der Waals surface area contributed by atoms with Crippen molar-refractivity contribution in [3.63, 3.8) is 0 Å². The standard InChI is InChI=1S/C19H15N3O5/c1-13-4-2-7-17-20-15(11-18(23)21(13)17)12-27-19(24)9-8-14-5-3-6-16(10-14)22(25)26/h2-11H,12H2,1H3. The zero-order valence-corrected chi connectivity index (χ0v) is 14.4. The van der Waals surface area contributed by atoms with Crippen molar-refractivity contribution < 1.29 is 14.5 Å². The van der Waals surface area contributed by atoms with E-state index >= 15 is 0 Å². The molecule has 0 amide bonds. The molecule has 0 aliphatic rings. The van der Waals surface area contributed by atoms with E-state index in [4.69, 9.17) is 4.74 Å². The van der Waals surface area contributed by atoms with Gasteiger partial charge in [0.25, 0.3) is 11.2 Å². The number of rotatable bonds is 5. The smallest absolute Gasteiger partial charge is 0.331 e. The fraction of sp³-hybridized carbons (Fsp3) is 0.105. The fourth-order valence-electron chi connectivity index (χ4n) is 2.54. The van der Waals surface area contributed by atoms with Crippen LogP contribution < -0.4 is 5.56 Å². The lowest BCUT2D eigenvalue weighted by molar-refractivity contribution is -0.384. The molecule has 3 aromatic rings. The third-order valence-corrected chi connectivity index (χ3v) is 3.79. The second kappa shape index (κ2) is 7.61. The molecule has 2 heterocycles. The Kier molecular flexibility index (Phi) is 5.07. The third-order valence-electron chi connectivity index (χ3n) is 3.79. The molecule has 0 aliphatic heterocycles. The number of carbonyl (C=O) groups excluding carboxylic acids is 1. The number of aromatic nitrogens is 2. The molecule has 2 aromatic heterocycles. The van der Waals surface area contributed by atoms with E-state index < -0.39 is 10.9 Å². The van der Waals surface area contributed by atoms with Crippen LogP contribution in [-0.2, 0) is 16.1 Å². The van der Waals surface area contributed by atoms with Crippen LogP contribution in [0.2, 0.25) is 0 Å². The molecule has 0 radical (unpaired) electrons. The molecule has 3 rings (SSSR count). The summed E-state index contributed by atoms with van der Waals surface area (Å²) in [6, 6.07) is 12.5. The van der Waals surface area contributed by atoms with Gasteiger partial charge in [-0.15, -0.1) is 0 Å². The van der Waals surface area contributed by atoms with E-state index in [0.717, 1.165) is 11.8 Å². The molecule has 8 nitrogen and oxygen atoms in total. The van der Waals surface area contributed by atoms with Gasteiger partial charge in [-0.3, -0.25) is 19.3 Å². The summed E-state index contributed by atoms with van der Waals surface area (Å²) in [6.45, 7) is 1.65. The highest BCUT2D eigenvalue weighted by molar-refractivity contribution is 5.87. The minimum absolute atomic E-state index is 0.0679. The van der Waals surface area contributed by atoms with Crippen LogP contribution in [0.5, 0.6) is 0 Å². The topological polar surface area (TPSA) is 104 Å². The minimum Gasteiger partial charge on any atom is -0.456 e. The Morgan fingerprint density at radius 3 is 2.81 bits per heavy atom. The molecule has 0 bridgehead atoms. The van der Waals surface area contributed by atoms with E-state index in [-0.39, 0.29) is 17.9 Å². The Balaban J connectivity index is 1.69. The van der Waals surface area contributed by atoms with Gasteiger partial charge < -0.3 is 4.74 Å². The number of pyridine rings is 1. The minimum atomic E-state index is -0.646. The molecule has 0 fully saturated rings. The lowest BCUT2D eigenvalue weighted by Crippen LogP contribution is -2.18. The summed E-state index contributed by atoms with van der Waals surface area (Å²) >= 11 is 0. The Labute approximate surface area is 153 Å². The number of carbonyl (C=O) groups is 1. The van der Waals surface area contributed by atoms with Gasteiger partial charge in [0, 0.05) is 30.0 Å². The van der Waals surface area contributed by atoms with Gasteiger partial charge in [0.2, 0.25) is 0 Å². The van der Waals surface area contributed by atoms with E-state index in [9.17, 15) is 19.7 Å². The number of aryl methyl sites for hydroxylation is 1. The number of ether oxygens (including phenoxy) is 1. The van der Waals surface area contributed by atoms with Crippen LogP contribution in [0.1, 0.15) is 17.0 Å². The summed E-state index contributed by atoms with van der Waals surface area (Å²) in [4.78, 5) is 38.6. The summed E-state index contributed by atoms with van der Waals surface area (Å²) in [5, 5.41) is 10.7. The summed E-state index contributed by atoms with van der Waals surface area (Å²) in [6.07, 6.45) is 2.58. The first kappa shape index (κ1) is 18.0. The molecule has 0 unspecified atom stereocenters. The maximum absolute atomic E-state index is 12.2. The van der Waals surface area contributed by atoms with Crippen molar-refractivity contribution in [2.24, 2.45) is 0 Å². The number of esters is 1. The summed E-state index contributed by atoms with van der Waals surface area (Å²) < 4.78 is 6.56. The number of nitro benzene ring substituents is 1. The molecule has 1 aromatic carbocycles. The Morgan fingerprint density at radius 1 is 1.26 bits per heavy atom. The highest BCUT2D eigenvalue weighted by Gasteiger charge is 2.07. The SMILES string of the molecule is Cc1cccc2nc(COC(=O)C=Cc3cccc([N+](=O)[O-])c3)cc(=O)n12. The van der Waals surface area contributed by atoms with Gasteiger partial charge in [-0.1, -0.05) is 18.2 Å². The first-order valence-electron chi connectivity index (χ1n) is 8.01. The molecule has 0 spiro atoms. The van der Waals surface area contributed by atoms with Gasteiger partial charge >= 0.3 is 5.97 Å². The number of benzene rings is 1. The summed E-state index contributed by atoms with van der Waals surface area (Å²) in [5.74, 6) is -0.646. The van der Waals surface area contributed by atoms with Crippen LogP contribution >= 0.6 is 0 Å². The molecule has 0 saturated heterocycles. The maximum Gasteiger partial charge on any atom is 0.331 e. The number of fused-ring (bicyclic) bond motifs is 1. The summed E-state index contributed by atoms with van der Waals surface area (Å²) in [7, 11) is 0. The van der Waals surface area contributed by atoms with Crippen LogP contribution in [0.15, 0.2) is 59.4 Å². The van der Waals surface area contributed by atoms with Crippen LogP contribution in [0.3, 0.4) is 0 Å². The first-order valence-corrected chi connectivity index (χ1v) is 8.01. The van der Waals surface area contributed by atoms with Crippen molar-refractivity contribution in [1.29, 1.82) is 0 Å². The van der Waals surface area contributed by atoms with Crippen LogP contribution in [0.4, 0.5) is 5.69 Å². The van der Waals surface area contributed by atoms with Crippen molar-refractivity contribution in [2.45, 2.75) is 13.5 Å². The molecule has 0 aliphatic carbocycles. The average molecular weight is 365 g/mol. The number of hydrogen-bond donors (Lipinski definition) is 0. The van der Waals surface area contributed by atoms with Gasteiger partial charge in [-0.2, -0.15) is 0 Å². The highest BCUT2D eigenvalue weighted by Crippen LogP contribution is 2.14. The van der Waals surface area contributed by atoms with E-state index in [0.29, 0.717) is 16.9 Å². The third kappa shape index (κ3) is 4.24. The lowest BCUT2D eigenvalue weighted by atomic mass is 10.2. The number of nitro groups is 1. The van der Waals surface area contributed by atoms with Crippen molar-refractivity contribution in [2.75, 3.05) is 0 Å². The molecule has 27 heavy (non-hydrogen) atoms. The van der Waals surface area contributed by atoms with E-state index in [1.807, 2.05) is 0 Å². The zero-order valence-electron chi connectivity index (χ0n) is 14.4. The van der Waals surface area contributed by atoms with Crippen molar-refractivity contribution in [3.05, 3.63) is 92.0 Å². The molecule has 0 atom stereocenters. The predicted octanol–water partition coefficient (Wildman–Crippen LogP) is 2.67.